The van der Waals surface area contributed by atoms with E-state index in [1.54, 1.807) is 23.4 Å². The number of hydrogen-bond donors (Lipinski definition) is 1. The number of rotatable bonds is 3. The molecule has 27 heavy (non-hydrogen) atoms. The summed E-state index contributed by atoms with van der Waals surface area (Å²) in [6.45, 7) is 4.87. The van der Waals surface area contributed by atoms with Crippen molar-refractivity contribution in [2.24, 2.45) is 0 Å². The molecule has 1 amide bonds. The molecule has 0 bridgehead atoms. The van der Waals surface area contributed by atoms with Gasteiger partial charge in [-0.05, 0) is 42.3 Å². The minimum absolute atomic E-state index is 0.0522. The molecule has 4 rings (SSSR count). The van der Waals surface area contributed by atoms with Gasteiger partial charge in [0.15, 0.2) is 11.6 Å². The maximum atomic E-state index is 13.3. The highest BCUT2D eigenvalue weighted by Gasteiger charge is 2.27. The number of pyridine rings is 2. The molecule has 1 saturated heterocycles. The zero-order valence-corrected chi connectivity index (χ0v) is 14.6. The van der Waals surface area contributed by atoms with Crippen LogP contribution in [0, 0.1) is 5.82 Å². The third kappa shape index (κ3) is 3.26. The quantitative estimate of drug-likeness (QED) is 0.722. The molecule has 1 fully saturated rings. The van der Waals surface area contributed by atoms with Crippen molar-refractivity contribution >= 4 is 16.8 Å². The Labute approximate surface area is 155 Å². The average Bonchev–Trinajstić information content (AvgIpc) is 3.19. The van der Waals surface area contributed by atoms with Crippen molar-refractivity contribution < 1.29 is 14.3 Å². The van der Waals surface area contributed by atoms with Crippen LogP contribution in [0.1, 0.15) is 18.0 Å². The number of aromatic nitrogens is 2. The van der Waals surface area contributed by atoms with E-state index in [9.17, 15) is 14.3 Å². The zero-order valence-electron chi connectivity index (χ0n) is 14.6. The van der Waals surface area contributed by atoms with E-state index in [0.717, 1.165) is 28.6 Å². The summed E-state index contributed by atoms with van der Waals surface area (Å²) in [5.41, 5.74) is 3.18. The average molecular weight is 363 g/mol. The van der Waals surface area contributed by atoms with Gasteiger partial charge in [-0.25, -0.2) is 4.39 Å². The molecule has 1 N–H and O–H groups in total. The topological polar surface area (TPSA) is 66.3 Å². The lowest BCUT2D eigenvalue weighted by Crippen LogP contribution is -2.26. The SMILES string of the molecule is C=CC(=O)N1CCC(c2cc3ncc(-c4ccc(F)c(O)c4)cc3cn2)C1. The summed E-state index contributed by atoms with van der Waals surface area (Å²) in [5, 5.41) is 10.4. The van der Waals surface area contributed by atoms with Crippen LogP contribution in [0.25, 0.3) is 22.0 Å². The molecule has 3 aromatic rings. The Balaban J connectivity index is 1.62. The smallest absolute Gasteiger partial charge is 0.245 e. The molecule has 1 aliphatic rings. The van der Waals surface area contributed by atoms with Crippen molar-refractivity contribution in [3.05, 3.63) is 66.9 Å². The van der Waals surface area contributed by atoms with Gasteiger partial charge in [0.1, 0.15) is 0 Å². The summed E-state index contributed by atoms with van der Waals surface area (Å²) in [4.78, 5) is 22.6. The van der Waals surface area contributed by atoms with Gasteiger partial charge in [-0.1, -0.05) is 12.6 Å². The molecule has 1 unspecified atom stereocenters. The van der Waals surface area contributed by atoms with Gasteiger partial charge in [-0.15, -0.1) is 0 Å². The molecule has 5 nitrogen and oxygen atoms in total. The van der Waals surface area contributed by atoms with Gasteiger partial charge in [0.2, 0.25) is 5.91 Å². The number of benzene rings is 1. The van der Waals surface area contributed by atoms with Gasteiger partial charge in [0, 0.05) is 48.0 Å². The number of hydrogen-bond acceptors (Lipinski definition) is 4. The normalized spacial score (nSPS) is 16.6. The molecule has 136 valence electrons. The molecule has 2 aromatic heterocycles. The van der Waals surface area contributed by atoms with Crippen LogP contribution in [0.5, 0.6) is 5.75 Å². The fraction of sp³-hybridized carbons (Fsp3) is 0.190. The van der Waals surface area contributed by atoms with Gasteiger partial charge in [-0.2, -0.15) is 0 Å². The van der Waals surface area contributed by atoms with E-state index in [0.29, 0.717) is 18.7 Å². The number of phenols is 1. The summed E-state index contributed by atoms with van der Waals surface area (Å²) in [6, 6.07) is 8.07. The molecule has 0 aliphatic carbocycles. The minimum Gasteiger partial charge on any atom is -0.505 e. The fourth-order valence-electron chi connectivity index (χ4n) is 3.44. The number of aromatic hydroxyl groups is 1. The molecule has 0 radical (unpaired) electrons. The van der Waals surface area contributed by atoms with Crippen LogP contribution in [0.4, 0.5) is 4.39 Å². The second-order valence-electron chi connectivity index (χ2n) is 6.67. The van der Waals surface area contributed by atoms with Crippen molar-refractivity contribution in [3.8, 4) is 16.9 Å². The summed E-state index contributed by atoms with van der Waals surface area (Å²) < 4.78 is 13.3. The number of likely N-dealkylation sites (tertiary alicyclic amines) is 1. The molecule has 1 aromatic carbocycles. The lowest BCUT2D eigenvalue weighted by molar-refractivity contribution is -0.125. The maximum Gasteiger partial charge on any atom is 0.245 e. The van der Waals surface area contributed by atoms with Crippen LogP contribution in [0.15, 0.2) is 55.4 Å². The van der Waals surface area contributed by atoms with Crippen molar-refractivity contribution in [1.29, 1.82) is 0 Å². The second-order valence-corrected chi connectivity index (χ2v) is 6.67. The van der Waals surface area contributed by atoms with Crippen molar-refractivity contribution in [1.82, 2.24) is 14.9 Å². The highest BCUT2D eigenvalue weighted by atomic mass is 19.1. The Morgan fingerprint density at radius 3 is 2.85 bits per heavy atom. The first kappa shape index (κ1) is 17.1. The molecule has 6 heteroatoms. The van der Waals surface area contributed by atoms with E-state index in [-0.39, 0.29) is 17.6 Å². The van der Waals surface area contributed by atoms with E-state index in [4.69, 9.17) is 0 Å². The number of halogens is 1. The zero-order chi connectivity index (χ0) is 19.0. The predicted octanol–water partition coefficient (Wildman–Crippen LogP) is 3.64. The van der Waals surface area contributed by atoms with Gasteiger partial charge in [0.05, 0.1) is 5.52 Å². The third-order valence-corrected chi connectivity index (χ3v) is 4.96. The first-order chi connectivity index (χ1) is 13.0. The first-order valence-corrected chi connectivity index (χ1v) is 8.71. The lowest BCUT2D eigenvalue weighted by atomic mass is 10.0. The summed E-state index contributed by atoms with van der Waals surface area (Å²) in [5.74, 6) is -0.905. The van der Waals surface area contributed by atoms with Crippen molar-refractivity contribution in [3.63, 3.8) is 0 Å². The number of carbonyl (C=O) groups is 1. The summed E-state index contributed by atoms with van der Waals surface area (Å²) in [6.07, 6.45) is 5.67. The van der Waals surface area contributed by atoms with Gasteiger partial charge >= 0.3 is 0 Å². The fourth-order valence-corrected chi connectivity index (χ4v) is 3.44. The number of carbonyl (C=O) groups excluding carboxylic acids is 1. The van der Waals surface area contributed by atoms with Crippen LogP contribution in [0.2, 0.25) is 0 Å². The lowest BCUT2D eigenvalue weighted by Gasteiger charge is -2.14. The molecule has 3 heterocycles. The number of nitrogens with zero attached hydrogens (tertiary/aromatic N) is 3. The Hall–Kier alpha value is -3.28. The third-order valence-electron chi connectivity index (χ3n) is 4.96. The number of phenolic OH excluding ortho intramolecular Hbond substituents is 1. The van der Waals surface area contributed by atoms with Crippen LogP contribution >= 0.6 is 0 Å². The van der Waals surface area contributed by atoms with Crippen molar-refractivity contribution in [2.45, 2.75) is 12.3 Å². The van der Waals surface area contributed by atoms with Crippen LogP contribution in [-0.4, -0.2) is 39.0 Å². The van der Waals surface area contributed by atoms with Crippen molar-refractivity contribution in [2.75, 3.05) is 13.1 Å². The van der Waals surface area contributed by atoms with E-state index < -0.39 is 5.82 Å². The highest BCUT2D eigenvalue weighted by molar-refractivity contribution is 5.87. The van der Waals surface area contributed by atoms with E-state index in [2.05, 4.69) is 16.5 Å². The summed E-state index contributed by atoms with van der Waals surface area (Å²) >= 11 is 0. The van der Waals surface area contributed by atoms with Gasteiger partial charge < -0.3 is 10.0 Å². The Bertz CT molecular complexity index is 1050. The minimum atomic E-state index is -0.653. The molecule has 0 spiro atoms. The Morgan fingerprint density at radius 2 is 2.07 bits per heavy atom. The monoisotopic (exact) mass is 363 g/mol. The predicted molar refractivity (Wildman–Crippen MR) is 101 cm³/mol. The molecule has 1 atom stereocenters. The summed E-state index contributed by atoms with van der Waals surface area (Å²) in [7, 11) is 0. The van der Waals surface area contributed by atoms with E-state index in [1.165, 1.54) is 18.2 Å². The largest absolute Gasteiger partial charge is 0.505 e. The Kier molecular flexibility index (Phi) is 4.32. The van der Waals surface area contributed by atoms with Crippen LogP contribution in [0.3, 0.4) is 0 Å². The maximum absolute atomic E-state index is 13.3. The Morgan fingerprint density at radius 1 is 1.22 bits per heavy atom. The highest BCUT2D eigenvalue weighted by Crippen LogP contribution is 2.30. The second kappa shape index (κ2) is 6.79. The van der Waals surface area contributed by atoms with E-state index in [1.807, 2.05) is 12.1 Å². The molecule has 0 saturated carbocycles. The number of amides is 1. The standard InChI is InChI=1S/C21H18FN3O2/c1-2-21(27)25-6-5-14(12-25)18-9-19-16(11-24-18)7-15(10-23-19)13-3-4-17(22)20(26)8-13/h2-4,7-11,14,26H,1,5-6,12H2. The molecule has 1 aliphatic heterocycles. The van der Waals surface area contributed by atoms with Crippen LogP contribution < -0.4 is 0 Å². The van der Waals surface area contributed by atoms with Crippen LogP contribution in [-0.2, 0) is 4.79 Å². The molecular formula is C21H18FN3O2. The van der Waals surface area contributed by atoms with E-state index >= 15 is 0 Å². The number of fused-ring (bicyclic) bond motifs is 1. The van der Waals surface area contributed by atoms with Gasteiger partial charge in [-0.3, -0.25) is 14.8 Å². The molecular weight excluding hydrogens is 345 g/mol. The first-order valence-electron chi connectivity index (χ1n) is 8.71. The van der Waals surface area contributed by atoms with Gasteiger partial charge in [0.25, 0.3) is 0 Å².